The number of thiazole rings is 1. The van der Waals surface area contributed by atoms with E-state index in [0.29, 0.717) is 24.4 Å². The Morgan fingerprint density at radius 1 is 1.14 bits per heavy atom. The third-order valence-electron chi connectivity index (χ3n) is 5.41. The molecule has 0 aliphatic carbocycles. The number of hydrogen-bond donors (Lipinski definition) is 0. The molecule has 0 aliphatic rings. The highest BCUT2D eigenvalue weighted by Crippen LogP contribution is 2.23. The van der Waals surface area contributed by atoms with Gasteiger partial charge in [0.1, 0.15) is 5.82 Å². The molecule has 0 saturated carbocycles. The van der Waals surface area contributed by atoms with Crippen LogP contribution in [0.5, 0.6) is 0 Å². The summed E-state index contributed by atoms with van der Waals surface area (Å²) in [7, 11) is -3.67. The molecule has 3 aromatic rings. The molecule has 0 atom stereocenters. The van der Waals surface area contributed by atoms with Crippen LogP contribution in [0.2, 0.25) is 0 Å². The zero-order chi connectivity index (χ0) is 25.6. The Labute approximate surface area is 207 Å². The van der Waals surface area contributed by atoms with Gasteiger partial charge in [0.15, 0.2) is 10.6 Å². The highest BCUT2D eigenvalue weighted by Gasteiger charge is 2.23. The lowest BCUT2D eigenvalue weighted by atomic mass is 10.2. The van der Waals surface area contributed by atoms with Crippen molar-refractivity contribution in [3.05, 3.63) is 58.4 Å². The fourth-order valence-electron chi connectivity index (χ4n) is 3.57. The van der Waals surface area contributed by atoms with E-state index in [1.807, 2.05) is 13.8 Å². The Bertz CT molecular complexity index is 1350. The fraction of sp³-hybridized carbons (Fsp3) is 0.417. The van der Waals surface area contributed by atoms with Gasteiger partial charge >= 0.3 is 0 Å². The van der Waals surface area contributed by atoms with E-state index in [9.17, 15) is 22.0 Å². The van der Waals surface area contributed by atoms with Crippen LogP contribution in [0.25, 0.3) is 10.2 Å². The van der Waals surface area contributed by atoms with Gasteiger partial charge in [-0.3, -0.25) is 4.79 Å². The number of amides is 1. The number of benzene rings is 2. The molecule has 0 saturated heterocycles. The highest BCUT2D eigenvalue weighted by atomic mass is 32.2. The summed E-state index contributed by atoms with van der Waals surface area (Å²) >= 11 is 0.992. The number of sulfonamides is 1. The van der Waals surface area contributed by atoms with E-state index in [0.717, 1.165) is 30.2 Å². The predicted molar refractivity (Wildman–Crippen MR) is 132 cm³/mol. The van der Waals surface area contributed by atoms with E-state index >= 15 is 0 Å². The van der Waals surface area contributed by atoms with Gasteiger partial charge in [-0.05, 0) is 43.7 Å². The maximum atomic E-state index is 14.5. The summed E-state index contributed by atoms with van der Waals surface area (Å²) in [5.41, 5.74) is 0.330. The third kappa shape index (κ3) is 6.21. The number of halogens is 2. The molecule has 2 aromatic carbocycles. The van der Waals surface area contributed by atoms with Crippen molar-refractivity contribution in [2.75, 3.05) is 26.3 Å². The monoisotopic (exact) mass is 525 g/mol. The van der Waals surface area contributed by atoms with Gasteiger partial charge in [-0.1, -0.05) is 31.6 Å². The minimum atomic E-state index is -3.67. The van der Waals surface area contributed by atoms with Crippen LogP contribution in [0.15, 0.2) is 46.3 Å². The van der Waals surface area contributed by atoms with Crippen LogP contribution in [0.1, 0.15) is 44.0 Å². The van der Waals surface area contributed by atoms with Gasteiger partial charge in [0.2, 0.25) is 10.0 Å². The average molecular weight is 526 g/mol. The van der Waals surface area contributed by atoms with Crippen molar-refractivity contribution in [3.8, 4) is 0 Å². The number of rotatable bonds is 11. The summed E-state index contributed by atoms with van der Waals surface area (Å²) < 4.78 is 62.7. The molecular weight excluding hydrogens is 496 g/mol. The van der Waals surface area contributed by atoms with E-state index in [-0.39, 0.29) is 33.9 Å². The number of carbonyl (C=O) groups is 1. The predicted octanol–water partition coefficient (Wildman–Crippen LogP) is 4.57. The van der Waals surface area contributed by atoms with Gasteiger partial charge in [0.25, 0.3) is 5.91 Å². The summed E-state index contributed by atoms with van der Waals surface area (Å²) in [6, 6.07) is 7.57. The Kier molecular flexibility index (Phi) is 9.28. The first-order valence-corrected chi connectivity index (χ1v) is 13.7. The number of fused-ring (bicyclic) bond motifs is 1. The molecule has 0 unspecified atom stereocenters. The molecule has 1 heterocycles. The Morgan fingerprint density at radius 3 is 2.49 bits per heavy atom. The minimum absolute atomic E-state index is 0.0955. The Hall–Kier alpha value is -2.47. The lowest BCUT2D eigenvalue weighted by Crippen LogP contribution is -2.31. The molecular formula is C24H29F2N3O4S2. The zero-order valence-electron chi connectivity index (χ0n) is 20.0. The van der Waals surface area contributed by atoms with Crippen LogP contribution in [-0.4, -0.2) is 49.5 Å². The number of aromatic nitrogens is 1. The molecule has 0 radical (unpaired) electrons. The van der Waals surface area contributed by atoms with E-state index in [1.54, 1.807) is 6.92 Å². The topological polar surface area (TPSA) is 81.0 Å². The van der Waals surface area contributed by atoms with Crippen LogP contribution >= 0.6 is 11.3 Å². The molecule has 0 spiro atoms. The van der Waals surface area contributed by atoms with Crippen LogP contribution in [0.3, 0.4) is 0 Å². The molecule has 0 fully saturated rings. The molecule has 11 heteroatoms. The van der Waals surface area contributed by atoms with Crippen LogP contribution in [-0.2, 0) is 21.3 Å². The average Bonchev–Trinajstić information content (AvgIpc) is 3.16. The van der Waals surface area contributed by atoms with E-state index < -0.39 is 27.6 Å². The van der Waals surface area contributed by atoms with Crippen LogP contribution in [0.4, 0.5) is 8.78 Å². The second-order valence-electron chi connectivity index (χ2n) is 7.76. The Balaban J connectivity index is 1.96. The summed E-state index contributed by atoms with van der Waals surface area (Å²) in [5.74, 6) is -2.09. The standard InChI is InChI=1S/C24H29F2N3O4S2/c1-4-7-12-28(5-2)35(31,32)19-10-8-17(9-11-19)23(30)27-24-29(13-14-33-6-3)22-20(26)15-18(25)16-21(22)34-24/h8-11,15-16H,4-7,12-14H2,1-3H3. The molecule has 0 bridgehead atoms. The second-order valence-corrected chi connectivity index (χ2v) is 10.7. The van der Waals surface area contributed by atoms with E-state index in [2.05, 4.69) is 4.99 Å². The zero-order valence-corrected chi connectivity index (χ0v) is 21.6. The summed E-state index contributed by atoms with van der Waals surface area (Å²) in [5, 5.41) is 0. The first-order valence-electron chi connectivity index (χ1n) is 11.5. The molecule has 190 valence electrons. The van der Waals surface area contributed by atoms with Crippen molar-refractivity contribution in [3.63, 3.8) is 0 Å². The maximum absolute atomic E-state index is 14.5. The van der Waals surface area contributed by atoms with Crippen molar-refractivity contribution >= 4 is 37.5 Å². The van der Waals surface area contributed by atoms with Gasteiger partial charge in [0.05, 0.1) is 21.7 Å². The number of unbranched alkanes of at least 4 members (excludes halogenated alkanes) is 1. The first-order chi connectivity index (χ1) is 16.7. The molecule has 1 amide bonds. The van der Waals surface area contributed by atoms with Gasteiger partial charge in [-0.15, -0.1) is 0 Å². The fourth-order valence-corrected chi connectivity index (χ4v) is 6.16. The van der Waals surface area contributed by atoms with E-state index in [4.69, 9.17) is 4.74 Å². The van der Waals surface area contributed by atoms with Crippen molar-refractivity contribution in [1.29, 1.82) is 0 Å². The number of hydrogen-bond acceptors (Lipinski definition) is 5. The van der Waals surface area contributed by atoms with Gasteiger partial charge in [-0.2, -0.15) is 9.30 Å². The Morgan fingerprint density at radius 2 is 1.86 bits per heavy atom. The van der Waals surface area contributed by atoms with Crippen molar-refractivity contribution in [2.45, 2.75) is 45.1 Å². The second kappa shape index (κ2) is 12.0. The SMILES string of the molecule is CCCCN(CC)S(=O)(=O)c1ccc(C(=O)N=c2sc3cc(F)cc(F)c3n2CCOCC)cc1. The molecule has 0 N–H and O–H groups in total. The first kappa shape index (κ1) is 27.1. The molecule has 3 rings (SSSR count). The smallest absolute Gasteiger partial charge is 0.279 e. The van der Waals surface area contributed by atoms with Gasteiger partial charge in [-0.25, -0.2) is 17.2 Å². The lowest BCUT2D eigenvalue weighted by Gasteiger charge is -2.20. The molecule has 35 heavy (non-hydrogen) atoms. The van der Waals surface area contributed by atoms with E-state index in [1.165, 1.54) is 39.2 Å². The quantitative estimate of drug-likeness (QED) is 0.344. The largest absolute Gasteiger partial charge is 0.380 e. The summed E-state index contributed by atoms with van der Waals surface area (Å²) in [6.45, 7) is 7.34. The van der Waals surface area contributed by atoms with Crippen molar-refractivity contribution in [2.24, 2.45) is 4.99 Å². The molecule has 0 aliphatic heterocycles. The number of ether oxygens (including phenoxy) is 1. The summed E-state index contributed by atoms with van der Waals surface area (Å²) in [4.78, 5) is 17.3. The maximum Gasteiger partial charge on any atom is 0.279 e. The lowest BCUT2D eigenvalue weighted by molar-refractivity contribution is 0.0996. The minimum Gasteiger partial charge on any atom is -0.380 e. The molecule has 1 aromatic heterocycles. The molecule has 7 nitrogen and oxygen atoms in total. The summed E-state index contributed by atoms with van der Waals surface area (Å²) in [6.07, 6.45) is 1.63. The number of nitrogens with zero attached hydrogens (tertiary/aromatic N) is 3. The van der Waals surface area contributed by atoms with Crippen molar-refractivity contribution in [1.82, 2.24) is 8.87 Å². The van der Waals surface area contributed by atoms with Crippen LogP contribution < -0.4 is 4.80 Å². The van der Waals surface area contributed by atoms with Gasteiger partial charge in [0, 0.05) is 37.9 Å². The normalized spacial score (nSPS) is 12.7. The van der Waals surface area contributed by atoms with Crippen LogP contribution in [0, 0.1) is 11.6 Å². The van der Waals surface area contributed by atoms with Gasteiger partial charge < -0.3 is 9.30 Å². The number of carbonyl (C=O) groups excluding carboxylic acids is 1. The highest BCUT2D eigenvalue weighted by molar-refractivity contribution is 7.89. The van der Waals surface area contributed by atoms with Crippen molar-refractivity contribution < 1.29 is 26.7 Å². The third-order valence-corrected chi connectivity index (χ3v) is 8.42.